The van der Waals surface area contributed by atoms with Crippen LogP contribution >= 0.6 is 0 Å². The highest BCUT2D eigenvalue weighted by Gasteiger charge is 2.37. The molecule has 4 heteroatoms. The van der Waals surface area contributed by atoms with Crippen LogP contribution in [0.5, 0.6) is 0 Å². The van der Waals surface area contributed by atoms with Gasteiger partial charge < -0.3 is 5.11 Å². The summed E-state index contributed by atoms with van der Waals surface area (Å²) in [5.41, 5.74) is 4.78. The van der Waals surface area contributed by atoms with E-state index in [0.29, 0.717) is 6.42 Å². The van der Waals surface area contributed by atoms with Crippen molar-refractivity contribution in [1.29, 1.82) is 0 Å². The Labute approximate surface area is 124 Å². The number of rotatable bonds is 3. The Morgan fingerprint density at radius 3 is 2.71 bits per heavy atom. The van der Waals surface area contributed by atoms with Crippen molar-refractivity contribution in [2.45, 2.75) is 26.3 Å². The van der Waals surface area contributed by atoms with E-state index in [9.17, 15) is 9.90 Å². The van der Waals surface area contributed by atoms with Crippen molar-refractivity contribution in [2.75, 3.05) is 11.5 Å². The van der Waals surface area contributed by atoms with Crippen LogP contribution in [0, 0.1) is 13.8 Å². The minimum atomic E-state index is -0.124. The maximum atomic E-state index is 12.8. The van der Waals surface area contributed by atoms with Crippen molar-refractivity contribution >= 4 is 11.6 Å². The number of carbonyl (C=O) groups excluding carboxylic acids is 1. The Morgan fingerprint density at radius 2 is 2.05 bits per heavy atom. The van der Waals surface area contributed by atoms with Gasteiger partial charge in [0.25, 0.3) is 5.91 Å². The van der Waals surface area contributed by atoms with Crippen molar-refractivity contribution in [1.82, 2.24) is 4.98 Å². The summed E-state index contributed by atoms with van der Waals surface area (Å²) in [6.45, 7) is 4.10. The maximum absolute atomic E-state index is 12.8. The smallest absolute Gasteiger partial charge is 0.259 e. The van der Waals surface area contributed by atoms with Gasteiger partial charge in [-0.25, -0.2) is 0 Å². The van der Waals surface area contributed by atoms with E-state index in [2.05, 4.69) is 11.1 Å². The number of aryl methyl sites for hydroxylation is 2. The summed E-state index contributed by atoms with van der Waals surface area (Å²) in [7, 11) is 0. The van der Waals surface area contributed by atoms with Gasteiger partial charge in [0.05, 0.1) is 17.9 Å². The first-order valence-corrected chi connectivity index (χ1v) is 7.09. The predicted octanol–water partition coefficient (Wildman–Crippen LogP) is 2.78. The van der Waals surface area contributed by atoms with Crippen LogP contribution in [-0.4, -0.2) is 22.6 Å². The molecule has 2 heterocycles. The number of fused-ring (bicyclic) bond motifs is 1. The Hall–Kier alpha value is -2.20. The lowest BCUT2D eigenvalue weighted by molar-refractivity contribution is 0.0988. The fourth-order valence-electron chi connectivity index (χ4n) is 2.91. The summed E-state index contributed by atoms with van der Waals surface area (Å²) in [6.07, 6.45) is 3.90. The van der Waals surface area contributed by atoms with Crippen molar-refractivity contribution in [2.24, 2.45) is 0 Å². The van der Waals surface area contributed by atoms with E-state index >= 15 is 0 Å². The number of pyridine rings is 1. The quantitative estimate of drug-likeness (QED) is 0.941. The molecule has 0 radical (unpaired) electrons. The minimum Gasteiger partial charge on any atom is -0.396 e. The lowest BCUT2D eigenvalue weighted by Gasteiger charge is -2.24. The van der Waals surface area contributed by atoms with Crippen molar-refractivity contribution < 1.29 is 9.90 Å². The fourth-order valence-corrected chi connectivity index (χ4v) is 2.91. The Kier molecular flexibility index (Phi) is 3.47. The van der Waals surface area contributed by atoms with Crippen molar-refractivity contribution in [3.8, 4) is 0 Å². The molecule has 1 unspecified atom stereocenters. The molecule has 3 rings (SSSR count). The number of hydrogen-bond acceptors (Lipinski definition) is 3. The van der Waals surface area contributed by atoms with E-state index in [0.717, 1.165) is 27.9 Å². The van der Waals surface area contributed by atoms with Gasteiger partial charge in [0.15, 0.2) is 0 Å². The normalized spacial score (nSPS) is 17.2. The molecule has 4 nitrogen and oxygen atoms in total. The number of anilines is 1. The zero-order chi connectivity index (χ0) is 15.0. The van der Waals surface area contributed by atoms with Gasteiger partial charge in [-0.3, -0.25) is 14.7 Å². The van der Waals surface area contributed by atoms with Gasteiger partial charge >= 0.3 is 0 Å². The highest BCUT2D eigenvalue weighted by Crippen LogP contribution is 2.40. The van der Waals surface area contributed by atoms with Crippen LogP contribution in [0.1, 0.15) is 39.5 Å². The number of aliphatic hydroxyl groups excluding tert-OH is 1. The SMILES string of the molecule is Cc1cc2c(cc1C)C(CCO)N(c1cccnc1)C2=O. The standard InChI is InChI=1S/C17H18N2O2/c1-11-8-14-15(9-12(11)2)17(21)19(16(14)5-7-20)13-4-3-6-18-10-13/h3-4,6,8-10,16,20H,5,7H2,1-2H3. The molecule has 0 spiro atoms. The summed E-state index contributed by atoms with van der Waals surface area (Å²) < 4.78 is 0. The third-order valence-corrected chi connectivity index (χ3v) is 4.11. The molecule has 1 atom stereocenters. The number of benzene rings is 1. The first-order valence-electron chi connectivity index (χ1n) is 7.09. The van der Waals surface area contributed by atoms with E-state index in [1.807, 2.05) is 32.0 Å². The van der Waals surface area contributed by atoms with Gasteiger partial charge in [0, 0.05) is 18.4 Å². The first kappa shape index (κ1) is 13.8. The Morgan fingerprint density at radius 1 is 1.29 bits per heavy atom. The summed E-state index contributed by atoms with van der Waals surface area (Å²) in [5.74, 6) is -0.0143. The van der Waals surface area contributed by atoms with Crippen LogP contribution in [0.4, 0.5) is 5.69 Å². The molecule has 1 aromatic carbocycles. The second-order valence-corrected chi connectivity index (χ2v) is 5.44. The molecule has 1 aromatic heterocycles. The number of carbonyl (C=O) groups is 1. The molecular formula is C17H18N2O2. The van der Waals surface area contributed by atoms with Crippen LogP contribution in [0.3, 0.4) is 0 Å². The molecule has 21 heavy (non-hydrogen) atoms. The lowest BCUT2D eigenvalue weighted by atomic mass is 9.97. The van der Waals surface area contributed by atoms with E-state index in [-0.39, 0.29) is 18.6 Å². The average Bonchev–Trinajstić information content (AvgIpc) is 2.74. The molecule has 0 fully saturated rings. The van der Waals surface area contributed by atoms with Crippen LogP contribution in [-0.2, 0) is 0 Å². The second-order valence-electron chi connectivity index (χ2n) is 5.44. The highest BCUT2D eigenvalue weighted by atomic mass is 16.3. The van der Waals surface area contributed by atoms with Gasteiger partial charge in [-0.15, -0.1) is 0 Å². The minimum absolute atomic E-state index is 0.0143. The third kappa shape index (κ3) is 2.21. The monoisotopic (exact) mass is 282 g/mol. The first-order chi connectivity index (χ1) is 10.1. The molecule has 0 saturated heterocycles. The molecule has 0 aliphatic carbocycles. The molecule has 0 saturated carbocycles. The number of hydrogen-bond donors (Lipinski definition) is 1. The predicted molar refractivity (Wildman–Crippen MR) is 81.4 cm³/mol. The molecule has 1 N–H and O–H groups in total. The molecule has 1 amide bonds. The number of aliphatic hydroxyl groups is 1. The molecular weight excluding hydrogens is 264 g/mol. The molecule has 1 aliphatic heterocycles. The lowest BCUT2D eigenvalue weighted by Crippen LogP contribution is -2.28. The molecule has 1 aliphatic rings. The number of amides is 1. The summed E-state index contributed by atoms with van der Waals surface area (Å²) in [5, 5.41) is 9.37. The number of nitrogens with zero attached hydrogens (tertiary/aromatic N) is 2. The van der Waals surface area contributed by atoms with Gasteiger partial charge in [0.1, 0.15) is 0 Å². The van der Waals surface area contributed by atoms with Crippen LogP contribution in [0.15, 0.2) is 36.7 Å². The second kappa shape index (κ2) is 5.30. The highest BCUT2D eigenvalue weighted by molar-refractivity contribution is 6.11. The summed E-state index contributed by atoms with van der Waals surface area (Å²) in [6, 6.07) is 7.59. The van der Waals surface area contributed by atoms with E-state index in [1.165, 1.54) is 0 Å². The number of aromatic nitrogens is 1. The van der Waals surface area contributed by atoms with Gasteiger partial charge in [-0.2, -0.15) is 0 Å². The fraction of sp³-hybridized carbons (Fsp3) is 0.294. The Balaban J connectivity index is 2.13. The average molecular weight is 282 g/mol. The van der Waals surface area contributed by atoms with E-state index < -0.39 is 0 Å². The topological polar surface area (TPSA) is 53.4 Å². The maximum Gasteiger partial charge on any atom is 0.259 e. The van der Waals surface area contributed by atoms with Crippen molar-refractivity contribution in [3.63, 3.8) is 0 Å². The largest absolute Gasteiger partial charge is 0.396 e. The van der Waals surface area contributed by atoms with Gasteiger partial charge in [-0.05, 0) is 55.2 Å². The van der Waals surface area contributed by atoms with Crippen LogP contribution < -0.4 is 4.90 Å². The molecule has 0 bridgehead atoms. The zero-order valence-electron chi connectivity index (χ0n) is 12.2. The van der Waals surface area contributed by atoms with Crippen LogP contribution in [0.25, 0.3) is 0 Å². The van der Waals surface area contributed by atoms with Gasteiger partial charge in [-0.1, -0.05) is 6.07 Å². The molecule has 2 aromatic rings. The zero-order valence-corrected chi connectivity index (χ0v) is 12.2. The van der Waals surface area contributed by atoms with Gasteiger partial charge in [0.2, 0.25) is 0 Å². The van der Waals surface area contributed by atoms with E-state index in [4.69, 9.17) is 0 Å². The van der Waals surface area contributed by atoms with Crippen molar-refractivity contribution in [3.05, 3.63) is 58.9 Å². The van der Waals surface area contributed by atoms with E-state index in [1.54, 1.807) is 17.3 Å². The Bertz CT molecular complexity index is 683. The third-order valence-electron chi connectivity index (χ3n) is 4.11. The van der Waals surface area contributed by atoms with Crippen LogP contribution in [0.2, 0.25) is 0 Å². The molecule has 108 valence electrons. The summed E-state index contributed by atoms with van der Waals surface area (Å²) >= 11 is 0. The summed E-state index contributed by atoms with van der Waals surface area (Å²) in [4.78, 5) is 18.6.